The number of hydrogen-bond acceptors (Lipinski definition) is 4. The Bertz CT molecular complexity index is 796. The van der Waals surface area contributed by atoms with Crippen LogP contribution in [0.25, 0.3) is 0 Å². The van der Waals surface area contributed by atoms with Gasteiger partial charge >= 0.3 is 0 Å². The molecule has 7 heteroatoms. The summed E-state index contributed by atoms with van der Waals surface area (Å²) >= 11 is 1.42. The normalized spacial score (nSPS) is 14.2. The molecule has 2 heterocycles. The third-order valence-electron chi connectivity index (χ3n) is 4.33. The van der Waals surface area contributed by atoms with Gasteiger partial charge in [0.05, 0.1) is 11.4 Å². The number of thiophene rings is 1. The first kappa shape index (κ1) is 18.1. The average molecular weight is 371 g/mol. The highest BCUT2D eigenvalue weighted by molar-refractivity contribution is 7.12. The molecule has 1 aromatic carbocycles. The van der Waals surface area contributed by atoms with Crippen LogP contribution >= 0.6 is 11.3 Å². The molecule has 3 rings (SSSR count). The first-order valence-electron chi connectivity index (χ1n) is 8.50. The van der Waals surface area contributed by atoms with E-state index in [0.717, 1.165) is 10.4 Å². The highest BCUT2D eigenvalue weighted by Crippen LogP contribution is 2.14. The second-order valence-electron chi connectivity index (χ2n) is 6.20. The first-order chi connectivity index (χ1) is 12.5. The van der Waals surface area contributed by atoms with Crippen molar-refractivity contribution in [3.8, 4) is 0 Å². The lowest BCUT2D eigenvalue weighted by atomic mass is 10.1. The second-order valence-corrected chi connectivity index (χ2v) is 7.15. The van der Waals surface area contributed by atoms with Gasteiger partial charge in [-0.3, -0.25) is 14.4 Å². The second kappa shape index (κ2) is 8.14. The number of carbonyl (C=O) groups excluding carboxylic acids is 3. The maximum atomic E-state index is 12.3. The van der Waals surface area contributed by atoms with Crippen molar-refractivity contribution in [3.63, 3.8) is 0 Å². The van der Waals surface area contributed by atoms with Gasteiger partial charge in [-0.2, -0.15) is 0 Å². The Hall–Kier alpha value is -2.67. The summed E-state index contributed by atoms with van der Waals surface area (Å²) in [5, 5.41) is 4.55. The smallest absolute Gasteiger partial charge is 0.264 e. The molecule has 136 valence electrons. The van der Waals surface area contributed by atoms with E-state index in [9.17, 15) is 14.4 Å². The van der Waals surface area contributed by atoms with E-state index in [1.54, 1.807) is 21.9 Å². The maximum absolute atomic E-state index is 12.3. The number of aryl methyl sites for hydroxylation is 1. The molecule has 1 N–H and O–H groups in total. The lowest BCUT2D eigenvalue weighted by molar-refractivity contribution is -0.131. The molecule has 1 aliphatic heterocycles. The molecular formula is C19H21N3O3S. The fourth-order valence-corrected chi connectivity index (χ4v) is 3.56. The Morgan fingerprint density at radius 2 is 1.77 bits per heavy atom. The number of benzene rings is 1. The van der Waals surface area contributed by atoms with Crippen LogP contribution in [-0.2, 0) is 4.79 Å². The summed E-state index contributed by atoms with van der Waals surface area (Å²) in [5.41, 5.74) is 1.54. The van der Waals surface area contributed by atoms with Gasteiger partial charge in [-0.15, -0.1) is 11.3 Å². The molecule has 6 nitrogen and oxygen atoms in total. The van der Waals surface area contributed by atoms with Gasteiger partial charge in [-0.25, -0.2) is 0 Å². The Morgan fingerprint density at radius 3 is 2.42 bits per heavy atom. The van der Waals surface area contributed by atoms with Crippen LogP contribution < -0.4 is 5.32 Å². The Morgan fingerprint density at radius 1 is 1.04 bits per heavy atom. The van der Waals surface area contributed by atoms with Gasteiger partial charge in [0, 0.05) is 31.7 Å². The topological polar surface area (TPSA) is 69.7 Å². The summed E-state index contributed by atoms with van der Waals surface area (Å²) in [6, 6.07) is 10.9. The summed E-state index contributed by atoms with van der Waals surface area (Å²) in [7, 11) is 0. The summed E-state index contributed by atoms with van der Waals surface area (Å²) in [4.78, 5) is 40.9. The van der Waals surface area contributed by atoms with Crippen LogP contribution in [-0.4, -0.2) is 60.2 Å². The highest BCUT2D eigenvalue weighted by Gasteiger charge is 2.25. The molecule has 1 aliphatic rings. The van der Waals surface area contributed by atoms with E-state index in [0.29, 0.717) is 31.7 Å². The molecule has 0 spiro atoms. The summed E-state index contributed by atoms with van der Waals surface area (Å²) in [6.07, 6.45) is 0. The number of carbonyl (C=O) groups is 3. The summed E-state index contributed by atoms with van der Waals surface area (Å²) in [5.74, 6) is -0.373. The molecule has 2 aromatic rings. The average Bonchev–Trinajstić information content (AvgIpc) is 3.20. The minimum Gasteiger partial charge on any atom is -0.343 e. The third kappa shape index (κ3) is 4.29. The van der Waals surface area contributed by atoms with Crippen molar-refractivity contribution in [2.24, 2.45) is 0 Å². The van der Waals surface area contributed by atoms with E-state index in [1.165, 1.54) is 11.3 Å². The molecule has 0 radical (unpaired) electrons. The molecule has 0 saturated carbocycles. The van der Waals surface area contributed by atoms with Crippen molar-refractivity contribution in [3.05, 3.63) is 57.8 Å². The largest absolute Gasteiger partial charge is 0.343 e. The van der Waals surface area contributed by atoms with Crippen LogP contribution in [0.1, 0.15) is 25.6 Å². The van der Waals surface area contributed by atoms with Crippen molar-refractivity contribution in [2.45, 2.75) is 6.92 Å². The van der Waals surface area contributed by atoms with E-state index < -0.39 is 0 Å². The molecule has 1 aromatic heterocycles. The van der Waals surface area contributed by atoms with Gasteiger partial charge < -0.3 is 15.1 Å². The van der Waals surface area contributed by atoms with E-state index >= 15 is 0 Å². The molecule has 0 unspecified atom stereocenters. The Labute approximate surface area is 156 Å². The number of amides is 3. The van der Waals surface area contributed by atoms with E-state index in [1.807, 2.05) is 36.6 Å². The third-order valence-corrected chi connectivity index (χ3v) is 5.19. The van der Waals surface area contributed by atoms with Crippen molar-refractivity contribution in [2.75, 3.05) is 32.7 Å². The standard InChI is InChI=1S/C19H21N3O3S/c1-14-4-2-5-15(12-14)18(24)20-13-17(23)21-7-9-22(10-8-21)19(25)16-6-3-11-26-16/h2-6,11-12H,7-10,13H2,1H3,(H,20,24). The van der Waals surface area contributed by atoms with Crippen LogP contribution in [0.2, 0.25) is 0 Å². The molecule has 26 heavy (non-hydrogen) atoms. The van der Waals surface area contributed by atoms with Crippen molar-refractivity contribution >= 4 is 29.1 Å². The SMILES string of the molecule is Cc1cccc(C(=O)NCC(=O)N2CCN(C(=O)c3cccs3)CC2)c1. The minimum absolute atomic E-state index is 0.0137. The number of nitrogens with zero attached hydrogens (tertiary/aromatic N) is 2. The molecule has 0 atom stereocenters. The highest BCUT2D eigenvalue weighted by atomic mass is 32.1. The van der Waals surface area contributed by atoms with Gasteiger partial charge in [0.1, 0.15) is 0 Å². The van der Waals surface area contributed by atoms with Crippen LogP contribution in [0.5, 0.6) is 0 Å². The van der Waals surface area contributed by atoms with E-state index in [4.69, 9.17) is 0 Å². The lowest BCUT2D eigenvalue weighted by Gasteiger charge is -2.34. The molecule has 0 aliphatic carbocycles. The number of nitrogens with one attached hydrogen (secondary N) is 1. The maximum Gasteiger partial charge on any atom is 0.264 e. The molecule has 3 amide bonds. The Balaban J connectivity index is 1.46. The van der Waals surface area contributed by atoms with Crippen molar-refractivity contribution in [1.82, 2.24) is 15.1 Å². The number of rotatable bonds is 4. The lowest BCUT2D eigenvalue weighted by Crippen LogP contribution is -2.52. The Kier molecular flexibility index (Phi) is 5.68. The van der Waals surface area contributed by atoms with Gasteiger partial charge in [-0.1, -0.05) is 23.8 Å². The van der Waals surface area contributed by atoms with Crippen LogP contribution in [0.3, 0.4) is 0 Å². The molecule has 1 saturated heterocycles. The van der Waals surface area contributed by atoms with Crippen LogP contribution in [0.15, 0.2) is 41.8 Å². The quantitative estimate of drug-likeness (QED) is 0.891. The first-order valence-corrected chi connectivity index (χ1v) is 9.38. The van der Waals surface area contributed by atoms with E-state index in [-0.39, 0.29) is 24.3 Å². The fraction of sp³-hybridized carbons (Fsp3) is 0.316. The monoisotopic (exact) mass is 371 g/mol. The van der Waals surface area contributed by atoms with Gasteiger partial charge in [-0.05, 0) is 30.5 Å². The molecular weight excluding hydrogens is 350 g/mol. The van der Waals surface area contributed by atoms with Crippen LogP contribution in [0, 0.1) is 6.92 Å². The predicted molar refractivity (Wildman–Crippen MR) is 100 cm³/mol. The molecule has 0 bridgehead atoms. The predicted octanol–water partition coefficient (Wildman–Crippen LogP) is 1.77. The summed E-state index contributed by atoms with van der Waals surface area (Å²) in [6.45, 7) is 3.86. The zero-order valence-corrected chi connectivity index (χ0v) is 15.4. The van der Waals surface area contributed by atoms with Gasteiger partial charge in [0.15, 0.2) is 0 Å². The number of hydrogen-bond donors (Lipinski definition) is 1. The van der Waals surface area contributed by atoms with Crippen molar-refractivity contribution in [1.29, 1.82) is 0 Å². The van der Waals surface area contributed by atoms with Crippen LogP contribution in [0.4, 0.5) is 0 Å². The van der Waals surface area contributed by atoms with E-state index in [2.05, 4.69) is 5.32 Å². The zero-order valence-electron chi connectivity index (χ0n) is 14.6. The zero-order chi connectivity index (χ0) is 18.5. The van der Waals surface area contributed by atoms with Crippen molar-refractivity contribution < 1.29 is 14.4 Å². The minimum atomic E-state index is -0.256. The molecule has 1 fully saturated rings. The fourth-order valence-electron chi connectivity index (χ4n) is 2.87. The summed E-state index contributed by atoms with van der Waals surface area (Å²) < 4.78 is 0. The number of piperazine rings is 1. The van der Waals surface area contributed by atoms with Gasteiger partial charge in [0.2, 0.25) is 5.91 Å². The van der Waals surface area contributed by atoms with Gasteiger partial charge in [0.25, 0.3) is 11.8 Å².